The first-order chi connectivity index (χ1) is 24.0. The first-order valence-corrected chi connectivity index (χ1v) is 16.8. The second-order valence-corrected chi connectivity index (χ2v) is 11.8. The van der Waals surface area contributed by atoms with Crippen molar-refractivity contribution >= 4 is 35.4 Å². The summed E-state index contributed by atoms with van der Waals surface area (Å²) in [5.41, 5.74) is 13.6. The molecule has 270 valence electrons. The number of alkyl halides is 3. The molecule has 0 amide bonds. The molecule has 0 aliphatic rings. The van der Waals surface area contributed by atoms with Crippen molar-refractivity contribution in [3.63, 3.8) is 0 Å². The highest BCUT2D eigenvalue weighted by Crippen LogP contribution is 2.22. The van der Waals surface area contributed by atoms with Gasteiger partial charge in [0, 0.05) is 23.9 Å². The van der Waals surface area contributed by atoms with Gasteiger partial charge >= 0.3 is 24.1 Å². The van der Waals surface area contributed by atoms with Crippen molar-refractivity contribution < 1.29 is 46.5 Å². The van der Waals surface area contributed by atoms with E-state index in [1.54, 1.807) is 48.5 Å². The lowest BCUT2D eigenvalue weighted by Crippen LogP contribution is -2.10. The molecule has 0 saturated heterocycles. The summed E-state index contributed by atoms with van der Waals surface area (Å²) < 4.78 is 57.9. The summed E-state index contributed by atoms with van der Waals surface area (Å²) in [6.45, 7) is 0.635. The average molecular weight is 699 g/mol. The summed E-state index contributed by atoms with van der Waals surface area (Å²) in [6, 6.07) is 17.2. The molecular formula is C38H45F3N2O7. The Morgan fingerprint density at radius 2 is 1.14 bits per heavy atom. The zero-order valence-electron chi connectivity index (χ0n) is 28.1. The molecule has 0 radical (unpaired) electrons. The van der Waals surface area contributed by atoms with E-state index in [0.717, 1.165) is 63.4 Å². The largest absolute Gasteiger partial charge is 0.494 e. The molecule has 0 fully saturated rings. The Labute approximate surface area is 290 Å². The number of hydrogen-bond donors (Lipinski definition) is 2. The molecule has 12 heteroatoms. The third-order valence-electron chi connectivity index (χ3n) is 7.45. The van der Waals surface area contributed by atoms with Gasteiger partial charge in [-0.05, 0) is 85.5 Å². The van der Waals surface area contributed by atoms with E-state index in [-0.39, 0.29) is 18.6 Å². The standard InChI is InChI=1S/C38H45F3N2O7/c39-38(40,41)21-10-24-47-33-18-14-29(15-19-33)37(46)50-34-16-11-28(12-17-34)13-20-35(44)48-22-8-6-4-2-1-3-5-7-9-23-49-36(45)30-25-31(42)27-32(43)26-30/h11-20,25-27H,1-10,21-24,42-43H2. The lowest BCUT2D eigenvalue weighted by Gasteiger charge is -2.09. The van der Waals surface area contributed by atoms with E-state index >= 15 is 0 Å². The smallest absolute Gasteiger partial charge is 0.389 e. The highest BCUT2D eigenvalue weighted by molar-refractivity contribution is 5.92. The quantitative estimate of drug-likeness (QED) is 0.0367. The van der Waals surface area contributed by atoms with E-state index in [4.69, 9.17) is 30.4 Å². The number of nitrogen functional groups attached to an aromatic ring is 2. The Morgan fingerprint density at radius 3 is 1.72 bits per heavy atom. The van der Waals surface area contributed by atoms with Crippen LogP contribution in [0.2, 0.25) is 0 Å². The summed E-state index contributed by atoms with van der Waals surface area (Å²) in [7, 11) is 0. The maximum absolute atomic E-state index is 12.4. The minimum absolute atomic E-state index is 0.0831. The Hall–Kier alpha value is -5.00. The molecule has 50 heavy (non-hydrogen) atoms. The SMILES string of the molecule is Nc1cc(N)cc(C(=O)OCCCCCCCCCCCOC(=O)C=Cc2ccc(OC(=O)c3ccc(OCCCC(F)(F)F)cc3)cc2)c1. The fourth-order valence-electron chi connectivity index (χ4n) is 4.83. The minimum Gasteiger partial charge on any atom is -0.494 e. The van der Waals surface area contributed by atoms with Gasteiger partial charge in [0.25, 0.3) is 0 Å². The van der Waals surface area contributed by atoms with Crippen LogP contribution < -0.4 is 20.9 Å². The van der Waals surface area contributed by atoms with Gasteiger partial charge in [-0.25, -0.2) is 14.4 Å². The molecule has 3 rings (SSSR count). The molecule has 0 spiro atoms. The predicted octanol–water partition coefficient (Wildman–Crippen LogP) is 8.72. The van der Waals surface area contributed by atoms with E-state index in [0.29, 0.717) is 41.7 Å². The van der Waals surface area contributed by atoms with Gasteiger partial charge in [0.15, 0.2) is 0 Å². The third-order valence-corrected chi connectivity index (χ3v) is 7.45. The van der Waals surface area contributed by atoms with Crippen LogP contribution in [0.15, 0.2) is 72.8 Å². The molecular weight excluding hydrogens is 653 g/mol. The van der Waals surface area contributed by atoms with Crippen molar-refractivity contribution in [3.8, 4) is 11.5 Å². The summed E-state index contributed by atoms with van der Waals surface area (Å²) in [6.07, 6.45) is 6.75. The van der Waals surface area contributed by atoms with Gasteiger partial charge in [0.05, 0.1) is 30.9 Å². The second-order valence-electron chi connectivity index (χ2n) is 11.8. The van der Waals surface area contributed by atoms with Gasteiger partial charge < -0.3 is 30.4 Å². The number of nitrogens with two attached hydrogens (primary N) is 2. The third kappa shape index (κ3) is 16.4. The number of carbonyl (C=O) groups excluding carboxylic acids is 3. The van der Waals surface area contributed by atoms with Gasteiger partial charge in [0.1, 0.15) is 11.5 Å². The van der Waals surface area contributed by atoms with Crippen LogP contribution in [0.25, 0.3) is 6.08 Å². The number of esters is 3. The first kappa shape index (κ1) is 39.4. The van der Waals surface area contributed by atoms with Crippen LogP contribution in [-0.4, -0.2) is 43.9 Å². The second kappa shape index (κ2) is 21.2. The first-order valence-electron chi connectivity index (χ1n) is 16.8. The maximum Gasteiger partial charge on any atom is 0.389 e. The molecule has 0 aromatic heterocycles. The highest BCUT2D eigenvalue weighted by Gasteiger charge is 2.26. The molecule has 0 aliphatic carbocycles. The summed E-state index contributed by atoms with van der Waals surface area (Å²) in [5, 5.41) is 0. The van der Waals surface area contributed by atoms with Crippen molar-refractivity contribution in [2.45, 2.75) is 76.8 Å². The van der Waals surface area contributed by atoms with Gasteiger partial charge in [-0.3, -0.25) is 0 Å². The van der Waals surface area contributed by atoms with Crippen LogP contribution in [0, 0.1) is 0 Å². The van der Waals surface area contributed by atoms with Crippen molar-refractivity contribution in [2.75, 3.05) is 31.3 Å². The van der Waals surface area contributed by atoms with Crippen LogP contribution >= 0.6 is 0 Å². The number of unbranched alkanes of at least 4 members (excludes halogenated alkanes) is 8. The summed E-state index contributed by atoms with van der Waals surface area (Å²) in [5.74, 6) is -0.787. The Bertz CT molecular complexity index is 1500. The fraction of sp³-hybridized carbons (Fsp3) is 0.395. The van der Waals surface area contributed by atoms with Gasteiger partial charge in [-0.1, -0.05) is 57.1 Å². The number of carbonyl (C=O) groups is 3. The molecule has 0 aliphatic heterocycles. The maximum atomic E-state index is 12.4. The number of hydrogen-bond acceptors (Lipinski definition) is 9. The molecule has 0 heterocycles. The Morgan fingerprint density at radius 1 is 0.600 bits per heavy atom. The molecule has 0 unspecified atom stereocenters. The van der Waals surface area contributed by atoms with E-state index < -0.39 is 30.5 Å². The van der Waals surface area contributed by atoms with Gasteiger partial charge in [0.2, 0.25) is 0 Å². The monoisotopic (exact) mass is 698 g/mol. The molecule has 4 N–H and O–H groups in total. The number of benzene rings is 3. The van der Waals surface area contributed by atoms with Crippen molar-refractivity contribution in [2.24, 2.45) is 0 Å². The molecule has 0 atom stereocenters. The van der Waals surface area contributed by atoms with E-state index in [2.05, 4.69) is 0 Å². The highest BCUT2D eigenvalue weighted by atomic mass is 19.4. The van der Waals surface area contributed by atoms with Crippen molar-refractivity contribution in [1.82, 2.24) is 0 Å². The normalized spacial score (nSPS) is 11.3. The van der Waals surface area contributed by atoms with E-state index in [9.17, 15) is 27.6 Å². The predicted molar refractivity (Wildman–Crippen MR) is 186 cm³/mol. The lowest BCUT2D eigenvalue weighted by atomic mass is 10.1. The van der Waals surface area contributed by atoms with E-state index in [1.165, 1.54) is 30.3 Å². The number of halogens is 3. The van der Waals surface area contributed by atoms with Crippen LogP contribution in [0.3, 0.4) is 0 Å². The van der Waals surface area contributed by atoms with Crippen molar-refractivity contribution in [1.29, 1.82) is 0 Å². The van der Waals surface area contributed by atoms with Crippen LogP contribution in [0.5, 0.6) is 11.5 Å². The molecule has 3 aromatic rings. The van der Waals surface area contributed by atoms with Crippen molar-refractivity contribution in [3.05, 3.63) is 89.5 Å². The zero-order chi connectivity index (χ0) is 36.2. The van der Waals surface area contributed by atoms with Gasteiger partial charge in [-0.2, -0.15) is 13.2 Å². The fourth-order valence-corrected chi connectivity index (χ4v) is 4.83. The molecule has 9 nitrogen and oxygen atoms in total. The number of rotatable bonds is 21. The van der Waals surface area contributed by atoms with Crippen LogP contribution in [0.4, 0.5) is 24.5 Å². The number of ether oxygens (including phenoxy) is 4. The summed E-state index contributed by atoms with van der Waals surface area (Å²) in [4.78, 5) is 36.6. The molecule has 0 bridgehead atoms. The minimum atomic E-state index is -4.22. The van der Waals surface area contributed by atoms with Crippen LogP contribution in [-0.2, 0) is 14.3 Å². The van der Waals surface area contributed by atoms with Crippen LogP contribution in [0.1, 0.15) is 96.9 Å². The Balaban J connectivity index is 1.18. The van der Waals surface area contributed by atoms with E-state index in [1.807, 2.05) is 0 Å². The molecule has 0 saturated carbocycles. The zero-order valence-corrected chi connectivity index (χ0v) is 28.1. The lowest BCUT2D eigenvalue weighted by molar-refractivity contribution is -0.138. The Kier molecular flexibility index (Phi) is 16.7. The number of anilines is 2. The topological polar surface area (TPSA) is 140 Å². The molecule has 3 aromatic carbocycles. The average Bonchev–Trinajstić information content (AvgIpc) is 3.07. The summed E-state index contributed by atoms with van der Waals surface area (Å²) >= 11 is 0. The van der Waals surface area contributed by atoms with Gasteiger partial charge in [-0.15, -0.1) is 0 Å².